The average Bonchev–Trinajstić information content (AvgIpc) is 2.71. The summed E-state index contributed by atoms with van der Waals surface area (Å²) in [5.41, 5.74) is 0.599. The summed E-state index contributed by atoms with van der Waals surface area (Å²) < 4.78 is 5.19. The van der Waals surface area contributed by atoms with Crippen LogP contribution in [0.3, 0.4) is 0 Å². The monoisotopic (exact) mass is 195 g/mol. The van der Waals surface area contributed by atoms with E-state index in [1.165, 1.54) is 11.3 Å². The van der Waals surface area contributed by atoms with Crippen LogP contribution in [0.2, 0.25) is 0 Å². The summed E-state index contributed by atoms with van der Waals surface area (Å²) in [4.78, 5) is 6.14. The molecule has 0 unspecified atom stereocenters. The molecule has 2 rings (SSSR count). The topological polar surface area (TPSA) is 46.3 Å². The van der Waals surface area contributed by atoms with Crippen LogP contribution in [0.1, 0.15) is 10.6 Å². The summed E-state index contributed by atoms with van der Waals surface area (Å²) >= 11 is 1.63. The number of aryl methyl sites for hydroxylation is 1. The summed E-state index contributed by atoms with van der Waals surface area (Å²) in [6.07, 6.45) is 1.36. The van der Waals surface area contributed by atoms with Crippen LogP contribution in [0, 0.1) is 6.92 Å². The van der Waals surface area contributed by atoms with Crippen molar-refractivity contribution in [2.45, 2.75) is 13.5 Å². The van der Waals surface area contributed by atoms with Crippen LogP contribution >= 0.6 is 11.3 Å². The lowest BCUT2D eigenvalue weighted by Crippen LogP contribution is -1.84. The SMILES string of the molecule is Cc1ccc(-c2ocnc2CO)s1. The quantitative estimate of drug-likeness (QED) is 0.799. The van der Waals surface area contributed by atoms with Crippen molar-refractivity contribution in [1.29, 1.82) is 0 Å². The standard InChI is InChI=1S/C9H9NO2S/c1-6-2-3-8(13-6)9-7(4-11)10-5-12-9/h2-3,5,11H,4H2,1H3. The molecule has 0 aromatic carbocycles. The van der Waals surface area contributed by atoms with Gasteiger partial charge in [-0.2, -0.15) is 0 Å². The highest BCUT2D eigenvalue weighted by atomic mass is 32.1. The van der Waals surface area contributed by atoms with Crippen LogP contribution < -0.4 is 0 Å². The van der Waals surface area contributed by atoms with E-state index < -0.39 is 0 Å². The van der Waals surface area contributed by atoms with Crippen LogP contribution in [0.25, 0.3) is 10.6 Å². The second kappa shape index (κ2) is 3.32. The Kier molecular flexibility index (Phi) is 2.16. The zero-order valence-electron chi connectivity index (χ0n) is 7.15. The Balaban J connectivity index is 2.45. The largest absolute Gasteiger partial charge is 0.442 e. The van der Waals surface area contributed by atoms with Crippen LogP contribution in [-0.2, 0) is 6.61 Å². The first-order valence-electron chi connectivity index (χ1n) is 3.91. The van der Waals surface area contributed by atoms with Crippen LogP contribution in [0.15, 0.2) is 22.9 Å². The van der Waals surface area contributed by atoms with Gasteiger partial charge in [-0.3, -0.25) is 0 Å². The number of hydrogen-bond donors (Lipinski definition) is 1. The number of aliphatic hydroxyl groups excluding tert-OH is 1. The average molecular weight is 195 g/mol. The highest BCUT2D eigenvalue weighted by molar-refractivity contribution is 7.15. The number of aromatic nitrogens is 1. The summed E-state index contributed by atoms with van der Waals surface area (Å²) in [7, 11) is 0. The second-order valence-electron chi connectivity index (χ2n) is 2.70. The van der Waals surface area contributed by atoms with E-state index >= 15 is 0 Å². The number of thiophene rings is 1. The van der Waals surface area contributed by atoms with Gasteiger partial charge in [-0.15, -0.1) is 11.3 Å². The van der Waals surface area contributed by atoms with Gasteiger partial charge in [-0.05, 0) is 19.1 Å². The Morgan fingerprint density at radius 2 is 2.38 bits per heavy atom. The molecule has 0 atom stereocenters. The third-order valence-corrected chi connectivity index (χ3v) is 2.75. The van der Waals surface area contributed by atoms with E-state index in [4.69, 9.17) is 9.52 Å². The van der Waals surface area contributed by atoms with Crippen molar-refractivity contribution in [3.8, 4) is 10.6 Å². The molecule has 0 aliphatic heterocycles. The molecule has 2 heterocycles. The van der Waals surface area contributed by atoms with E-state index in [1.54, 1.807) is 11.3 Å². The lowest BCUT2D eigenvalue weighted by Gasteiger charge is -1.92. The van der Waals surface area contributed by atoms with Crippen molar-refractivity contribution >= 4 is 11.3 Å². The van der Waals surface area contributed by atoms with Gasteiger partial charge >= 0.3 is 0 Å². The van der Waals surface area contributed by atoms with Crippen LogP contribution in [-0.4, -0.2) is 10.1 Å². The first-order valence-corrected chi connectivity index (χ1v) is 4.73. The third kappa shape index (κ3) is 1.50. The Labute approximate surface area is 79.7 Å². The molecule has 0 aliphatic rings. The number of aliphatic hydroxyl groups is 1. The van der Waals surface area contributed by atoms with Crippen molar-refractivity contribution in [1.82, 2.24) is 4.98 Å². The molecule has 3 nitrogen and oxygen atoms in total. The van der Waals surface area contributed by atoms with Gasteiger partial charge in [0.2, 0.25) is 0 Å². The normalized spacial score (nSPS) is 10.6. The number of oxazole rings is 1. The smallest absolute Gasteiger partial charge is 0.181 e. The molecule has 0 saturated heterocycles. The van der Waals surface area contributed by atoms with Crippen LogP contribution in [0.4, 0.5) is 0 Å². The Bertz CT molecular complexity index is 405. The maximum atomic E-state index is 8.96. The molecule has 0 spiro atoms. The van der Waals surface area contributed by atoms with Gasteiger partial charge in [-0.1, -0.05) is 0 Å². The molecule has 0 amide bonds. The van der Waals surface area contributed by atoms with Crippen molar-refractivity contribution < 1.29 is 9.52 Å². The van der Waals surface area contributed by atoms with Gasteiger partial charge in [0, 0.05) is 4.88 Å². The predicted molar refractivity (Wildman–Crippen MR) is 50.5 cm³/mol. The zero-order chi connectivity index (χ0) is 9.26. The molecular formula is C9H9NO2S. The lowest BCUT2D eigenvalue weighted by atomic mass is 10.3. The molecule has 13 heavy (non-hydrogen) atoms. The number of nitrogens with zero attached hydrogens (tertiary/aromatic N) is 1. The molecule has 0 radical (unpaired) electrons. The van der Waals surface area contributed by atoms with E-state index in [1.807, 2.05) is 19.1 Å². The van der Waals surface area contributed by atoms with E-state index in [2.05, 4.69) is 4.98 Å². The fraction of sp³-hybridized carbons (Fsp3) is 0.222. The Hall–Kier alpha value is -1.13. The fourth-order valence-electron chi connectivity index (χ4n) is 1.14. The molecule has 0 fully saturated rings. The highest BCUT2D eigenvalue weighted by Gasteiger charge is 2.10. The third-order valence-electron chi connectivity index (χ3n) is 1.76. The van der Waals surface area contributed by atoms with Crippen molar-refractivity contribution in [2.24, 2.45) is 0 Å². The fourth-order valence-corrected chi connectivity index (χ4v) is 2.02. The maximum absolute atomic E-state index is 8.96. The molecule has 2 aromatic heterocycles. The summed E-state index contributed by atoms with van der Waals surface area (Å²) in [6.45, 7) is 1.95. The van der Waals surface area contributed by atoms with Gasteiger partial charge in [0.15, 0.2) is 12.2 Å². The predicted octanol–water partition coefficient (Wildman–Crippen LogP) is 2.20. The van der Waals surface area contributed by atoms with Gasteiger partial charge in [0.1, 0.15) is 5.69 Å². The number of hydrogen-bond acceptors (Lipinski definition) is 4. The molecule has 0 saturated carbocycles. The van der Waals surface area contributed by atoms with E-state index in [9.17, 15) is 0 Å². The van der Waals surface area contributed by atoms with Gasteiger partial charge in [0.25, 0.3) is 0 Å². The molecule has 2 aromatic rings. The molecule has 0 aliphatic carbocycles. The van der Waals surface area contributed by atoms with E-state index in [-0.39, 0.29) is 6.61 Å². The molecule has 1 N–H and O–H groups in total. The minimum atomic E-state index is -0.0806. The first kappa shape index (κ1) is 8.47. The molecular weight excluding hydrogens is 186 g/mol. The molecule has 4 heteroatoms. The van der Waals surface area contributed by atoms with Crippen LogP contribution in [0.5, 0.6) is 0 Å². The second-order valence-corrected chi connectivity index (χ2v) is 3.98. The first-order chi connectivity index (χ1) is 6.31. The summed E-state index contributed by atoms with van der Waals surface area (Å²) in [5.74, 6) is 0.681. The Morgan fingerprint density at radius 1 is 1.54 bits per heavy atom. The lowest BCUT2D eigenvalue weighted by molar-refractivity contribution is 0.277. The maximum Gasteiger partial charge on any atom is 0.181 e. The van der Waals surface area contributed by atoms with Gasteiger partial charge < -0.3 is 9.52 Å². The summed E-state index contributed by atoms with van der Waals surface area (Å²) in [5, 5.41) is 8.96. The Morgan fingerprint density at radius 3 is 3.00 bits per heavy atom. The number of rotatable bonds is 2. The van der Waals surface area contributed by atoms with Gasteiger partial charge in [-0.25, -0.2) is 4.98 Å². The van der Waals surface area contributed by atoms with Gasteiger partial charge in [0.05, 0.1) is 11.5 Å². The summed E-state index contributed by atoms with van der Waals surface area (Å²) in [6, 6.07) is 3.99. The van der Waals surface area contributed by atoms with E-state index in [0.29, 0.717) is 11.5 Å². The van der Waals surface area contributed by atoms with Crippen molar-refractivity contribution in [2.75, 3.05) is 0 Å². The zero-order valence-corrected chi connectivity index (χ0v) is 7.97. The molecule has 68 valence electrons. The molecule has 0 bridgehead atoms. The van der Waals surface area contributed by atoms with Crippen molar-refractivity contribution in [3.63, 3.8) is 0 Å². The van der Waals surface area contributed by atoms with E-state index in [0.717, 1.165) is 4.88 Å². The highest BCUT2D eigenvalue weighted by Crippen LogP contribution is 2.29. The van der Waals surface area contributed by atoms with Crippen molar-refractivity contribution in [3.05, 3.63) is 29.1 Å². The minimum Gasteiger partial charge on any atom is -0.442 e. The minimum absolute atomic E-state index is 0.0806.